The van der Waals surface area contributed by atoms with E-state index in [1.54, 1.807) is 4.90 Å². The van der Waals surface area contributed by atoms with Crippen molar-refractivity contribution in [1.29, 1.82) is 0 Å². The van der Waals surface area contributed by atoms with Crippen molar-refractivity contribution in [2.75, 3.05) is 13.1 Å². The predicted molar refractivity (Wildman–Crippen MR) is 75.3 cm³/mol. The number of hydrogen-bond acceptors (Lipinski definition) is 3. The Morgan fingerprint density at radius 2 is 2.30 bits per heavy atom. The van der Waals surface area contributed by atoms with Crippen molar-refractivity contribution in [2.45, 2.75) is 25.5 Å². The minimum absolute atomic E-state index is 0.149. The lowest BCUT2D eigenvalue weighted by Crippen LogP contribution is -2.46. The van der Waals surface area contributed by atoms with Gasteiger partial charge in [-0.1, -0.05) is 18.2 Å². The van der Waals surface area contributed by atoms with E-state index in [9.17, 15) is 9.90 Å². The lowest BCUT2D eigenvalue weighted by atomic mass is 10.1. The van der Waals surface area contributed by atoms with Gasteiger partial charge in [-0.2, -0.15) is 0 Å². The molecule has 106 valence electrons. The number of amides is 2. The molecule has 20 heavy (non-hydrogen) atoms. The average molecular weight is 274 g/mol. The van der Waals surface area contributed by atoms with Gasteiger partial charge in [0.1, 0.15) is 11.3 Å². The molecule has 2 heterocycles. The Balaban J connectivity index is 1.59. The molecule has 0 aliphatic carbocycles. The number of urea groups is 1. The van der Waals surface area contributed by atoms with Crippen molar-refractivity contribution < 1.29 is 14.3 Å². The Morgan fingerprint density at radius 3 is 3.10 bits per heavy atom. The number of likely N-dealkylation sites (tertiary alicyclic amines) is 1. The van der Waals surface area contributed by atoms with Crippen molar-refractivity contribution in [3.05, 3.63) is 36.1 Å². The fourth-order valence-corrected chi connectivity index (χ4v) is 2.54. The first kappa shape index (κ1) is 13.0. The van der Waals surface area contributed by atoms with Crippen LogP contribution in [0.3, 0.4) is 0 Å². The van der Waals surface area contributed by atoms with Gasteiger partial charge in [0.25, 0.3) is 0 Å². The number of carbonyl (C=O) groups is 1. The number of carbonyl (C=O) groups excluding carboxylic acids is 1. The van der Waals surface area contributed by atoms with Crippen molar-refractivity contribution in [1.82, 2.24) is 10.2 Å². The molecule has 0 radical (unpaired) electrons. The Kier molecular flexibility index (Phi) is 3.60. The average Bonchev–Trinajstić information content (AvgIpc) is 2.87. The van der Waals surface area contributed by atoms with E-state index >= 15 is 0 Å². The minimum atomic E-state index is -0.402. The van der Waals surface area contributed by atoms with Gasteiger partial charge in [-0.05, 0) is 25.0 Å². The highest BCUT2D eigenvalue weighted by Gasteiger charge is 2.21. The monoisotopic (exact) mass is 274 g/mol. The van der Waals surface area contributed by atoms with Gasteiger partial charge < -0.3 is 19.7 Å². The molecule has 1 unspecified atom stereocenters. The van der Waals surface area contributed by atoms with E-state index in [2.05, 4.69) is 5.32 Å². The molecule has 0 saturated carbocycles. The minimum Gasteiger partial charge on any atom is -0.459 e. The number of para-hydroxylation sites is 1. The summed E-state index contributed by atoms with van der Waals surface area (Å²) in [5.74, 6) is 0.733. The number of furan rings is 1. The molecule has 0 bridgehead atoms. The van der Waals surface area contributed by atoms with Crippen LogP contribution in [-0.4, -0.2) is 35.2 Å². The Labute approximate surface area is 117 Å². The number of nitrogens with one attached hydrogen (secondary N) is 1. The summed E-state index contributed by atoms with van der Waals surface area (Å²) in [6.07, 6.45) is 1.22. The Bertz CT molecular complexity index is 575. The highest BCUT2D eigenvalue weighted by atomic mass is 16.3. The first-order valence-corrected chi connectivity index (χ1v) is 6.90. The molecule has 5 heteroatoms. The number of β-amino-alcohol motifs (C(OH)–C–C–N with tert-alkyl or cyclic N) is 1. The van der Waals surface area contributed by atoms with Gasteiger partial charge in [0.2, 0.25) is 0 Å². The van der Waals surface area contributed by atoms with Gasteiger partial charge in [0.15, 0.2) is 0 Å². The van der Waals surface area contributed by atoms with Crippen molar-refractivity contribution in [3.8, 4) is 0 Å². The van der Waals surface area contributed by atoms with Crippen LogP contribution in [0, 0.1) is 0 Å². The van der Waals surface area contributed by atoms with Crippen LogP contribution in [0.5, 0.6) is 0 Å². The van der Waals surface area contributed by atoms with Gasteiger partial charge in [0.05, 0.1) is 12.6 Å². The number of aliphatic hydroxyl groups excluding tert-OH is 1. The number of rotatable bonds is 2. The Hall–Kier alpha value is -2.01. The molecule has 3 rings (SSSR count). The third-order valence-corrected chi connectivity index (χ3v) is 3.57. The van der Waals surface area contributed by atoms with E-state index in [1.807, 2.05) is 30.3 Å². The van der Waals surface area contributed by atoms with Crippen LogP contribution < -0.4 is 5.32 Å². The maximum Gasteiger partial charge on any atom is 0.317 e. The number of nitrogens with zero attached hydrogens (tertiary/aromatic N) is 1. The maximum absolute atomic E-state index is 12.0. The zero-order valence-electron chi connectivity index (χ0n) is 11.2. The first-order valence-electron chi connectivity index (χ1n) is 6.90. The van der Waals surface area contributed by atoms with E-state index in [1.165, 1.54) is 0 Å². The van der Waals surface area contributed by atoms with Gasteiger partial charge >= 0.3 is 6.03 Å². The zero-order chi connectivity index (χ0) is 13.9. The molecule has 1 aromatic heterocycles. The smallest absolute Gasteiger partial charge is 0.317 e. The zero-order valence-corrected chi connectivity index (χ0v) is 11.2. The van der Waals surface area contributed by atoms with Gasteiger partial charge in [-0.3, -0.25) is 0 Å². The largest absolute Gasteiger partial charge is 0.459 e. The van der Waals surface area contributed by atoms with Crippen LogP contribution in [0.15, 0.2) is 34.7 Å². The number of piperidine rings is 1. The van der Waals surface area contributed by atoms with Crippen molar-refractivity contribution in [2.24, 2.45) is 0 Å². The molecule has 1 fully saturated rings. The topological polar surface area (TPSA) is 65.7 Å². The van der Waals surface area contributed by atoms with Gasteiger partial charge in [-0.15, -0.1) is 0 Å². The SMILES string of the molecule is O=C(NCc1cc2ccccc2o1)N1CCCC(O)C1. The van der Waals surface area contributed by atoms with Crippen molar-refractivity contribution in [3.63, 3.8) is 0 Å². The molecule has 1 saturated heterocycles. The van der Waals surface area contributed by atoms with Crippen LogP contribution in [0.25, 0.3) is 11.0 Å². The second kappa shape index (κ2) is 5.54. The third-order valence-electron chi connectivity index (χ3n) is 3.57. The second-order valence-corrected chi connectivity index (χ2v) is 5.15. The molecule has 1 atom stereocenters. The highest BCUT2D eigenvalue weighted by molar-refractivity contribution is 5.78. The predicted octanol–water partition coefficient (Wildman–Crippen LogP) is 2.10. The molecule has 1 aliphatic heterocycles. The molecule has 0 spiro atoms. The summed E-state index contributed by atoms with van der Waals surface area (Å²) in [7, 11) is 0. The summed E-state index contributed by atoms with van der Waals surface area (Å²) in [6, 6.07) is 9.54. The summed E-state index contributed by atoms with van der Waals surface area (Å²) in [5.41, 5.74) is 0.824. The van der Waals surface area contributed by atoms with Crippen LogP contribution in [0.2, 0.25) is 0 Å². The molecular weight excluding hydrogens is 256 g/mol. The normalized spacial score (nSPS) is 19.2. The van der Waals surface area contributed by atoms with Gasteiger partial charge in [0, 0.05) is 18.5 Å². The second-order valence-electron chi connectivity index (χ2n) is 5.15. The number of fused-ring (bicyclic) bond motifs is 1. The quantitative estimate of drug-likeness (QED) is 0.881. The molecular formula is C15H18N2O3. The number of hydrogen-bond donors (Lipinski definition) is 2. The molecule has 2 amide bonds. The maximum atomic E-state index is 12.0. The highest BCUT2D eigenvalue weighted by Crippen LogP contribution is 2.18. The fraction of sp³-hybridized carbons (Fsp3) is 0.400. The van der Waals surface area contributed by atoms with E-state index in [0.717, 1.165) is 29.6 Å². The summed E-state index contributed by atoms with van der Waals surface area (Å²) in [5, 5.41) is 13.4. The summed E-state index contributed by atoms with van der Waals surface area (Å²) >= 11 is 0. The van der Waals surface area contributed by atoms with E-state index in [-0.39, 0.29) is 6.03 Å². The summed E-state index contributed by atoms with van der Waals surface area (Å²) in [4.78, 5) is 13.6. The summed E-state index contributed by atoms with van der Waals surface area (Å²) < 4.78 is 5.64. The third kappa shape index (κ3) is 2.77. The van der Waals surface area contributed by atoms with Crippen LogP contribution >= 0.6 is 0 Å². The molecule has 5 nitrogen and oxygen atoms in total. The number of benzene rings is 1. The van der Waals surface area contributed by atoms with E-state index in [4.69, 9.17) is 4.42 Å². The van der Waals surface area contributed by atoms with Crippen molar-refractivity contribution >= 4 is 17.0 Å². The molecule has 2 aromatic rings. The standard InChI is InChI=1S/C15H18N2O3/c18-12-5-3-7-17(10-12)15(19)16-9-13-8-11-4-1-2-6-14(11)20-13/h1-2,4,6,8,12,18H,3,5,7,9-10H2,(H,16,19). The first-order chi connectivity index (χ1) is 9.72. The molecule has 1 aliphatic rings. The van der Waals surface area contributed by atoms with Crippen LogP contribution in [0.4, 0.5) is 4.79 Å². The molecule has 2 N–H and O–H groups in total. The van der Waals surface area contributed by atoms with Crippen LogP contribution in [-0.2, 0) is 6.54 Å². The van der Waals surface area contributed by atoms with Gasteiger partial charge in [-0.25, -0.2) is 4.79 Å². The Morgan fingerprint density at radius 1 is 1.45 bits per heavy atom. The van der Waals surface area contributed by atoms with E-state index < -0.39 is 6.10 Å². The summed E-state index contributed by atoms with van der Waals surface area (Å²) in [6.45, 7) is 1.47. The lowest BCUT2D eigenvalue weighted by Gasteiger charge is -2.29. The number of aliphatic hydroxyl groups is 1. The van der Waals surface area contributed by atoms with Crippen LogP contribution in [0.1, 0.15) is 18.6 Å². The van der Waals surface area contributed by atoms with E-state index in [0.29, 0.717) is 19.6 Å². The lowest BCUT2D eigenvalue weighted by molar-refractivity contribution is 0.0840. The molecule has 1 aromatic carbocycles. The fourth-order valence-electron chi connectivity index (χ4n) is 2.54.